The highest BCUT2D eigenvalue weighted by molar-refractivity contribution is 5.06. The molecule has 1 aromatic rings. The predicted octanol–water partition coefficient (Wildman–Crippen LogP) is 1.84. The van der Waals surface area contributed by atoms with E-state index in [1.165, 1.54) is 32.1 Å². The molecule has 0 amide bonds. The highest BCUT2D eigenvalue weighted by Crippen LogP contribution is 2.57. The van der Waals surface area contributed by atoms with Gasteiger partial charge in [0.05, 0.1) is 6.54 Å². The van der Waals surface area contributed by atoms with Crippen LogP contribution >= 0.6 is 0 Å². The lowest BCUT2D eigenvalue weighted by molar-refractivity contribution is 0.341. The topological polar surface area (TPSA) is 51.0 Å². The molecule has 0 spiro atoms. The summed E-state index contributed by atoms with van der Waals surface area (Å²) in [4.78, 5) is 4.51. The van der Waals surface area contributed by atoms with E-state index >= 15 is 0 Å². The number of fused-ring (bicyclic) bond motifs is 1. The summed E-state index contributed by atoms with van der Waals surface area (Å²) in [6.45, 7) is 0.772. The van der Waals surface area contributed by atoms with Crippen LogP contribution in [0.5, 0.6) is 0 Å². The van der Waals surface area contributed by atoms with Gasteiger partial charge in [0, 0.05) is 12.0 Å². The van der Waals surface area contributed by atoms with Crippen molar-refractivity contribution in [3.63, 3.8) is 0 Å². The van der Waals surface area contributed by atoms with Crippen LogP contribution in [0.2, 0.25) is 0 Å². The quantitative estimate of drug-likeness (QED) is 0.839. The summed E-state index contributed by atoms with van der Waals surface area (Å²) in [6.07, 6.45) is 6.61. The first-order valence-corrected chi connectivity index (χ1v) is 6.44. The van der Waals surface area contributed by atoms with Gasteiger partial charge < -0.3 is 9.84 Å². The molecule has 1 heterocycles. The fraction of sp³-hybridized carbons (Fsp3) is 0.833. The van der Waals surface area contributed by atoms with Gasteiger partial charge in [0.15, 0.2) is 5.82 Å². The second kappa shape index (κ2) is 3.29. The number of hydrogen-bond donors (Lipinski definition) is 1. The molecule has 2 unspecified atom stereocenters. The van der Waals surface area contributed by atoms with Crippen molar-refractivity contribution in [1.82, 2.24) is 15.5 Å². The Kier molecular flexibility index (Phi) is 1.89. The van der Waals surface area contributed by atoms with Gasteiger partial charge >= 0.3 is 0 Å². The standard InChI is InChI=1S/C12H17N3O/c1-2-10(1)13-6-11-14-12(16-15-11)9-4-7-3-8(7)5-9/h7-10,13H,1-6H2. The highest BCUT2D eigenvalue weighted by Gasteiger charge is 2.47. The van der Waals surface area contributed by atoms with Gasteiger partial charge in [-0.25, -0.2) is 0 Å². The predicted molar refractivity (Wildman–Crippen MR) is 57.7 cm³/mol. The first kappa shape index (κ1) is 9.16. The Balaban J connectivity index is 1.39. The summed E-state index contributed by atoms with van der Waals surface area (Å²) in [6, 6.07) is 0.709. The normalized spacial score (nSPS) is 36.4. The Bertz CT molecular complexity index is 389. The first-order valence-electron chi connectivity index (χ1n) is 6.44. The number of aromatic nitrogens is 2. The Morgan fingerprint density at radius 2 is 2.00 bits per heavy atom. The zero-order valence-electron chi connectivity index (χ0n) is 9.35. The Morgan fingerprint density at radius 3 is 2.75 bits per heavy atom. The second-order valence-electron chi connectivity index (χ2n) is 5.63. The molecule has 0 aliphatic heterocycles. The molecule has 0 aromatic carbocycles. The second-order valence-corrected chi connectivity index (χ2v) is 5.63. The van der Waals surface area contributed by atoms with E-state index in [4.69, 9.17) is 4.52 Å². The summed E-state index contributed by atoms with van der Waals surface area (Å²) in [5.41, 5.74) is 0. The Morgan fingerprint density at radius 1 is 1.19 bits per heavy atom. The van der Waals surface area contributed by atoms with E-state index in [2.05, 4.69) is 15.5 Å². The van der Waals surface area contributed by atoms with Crippen LogP contribution in [0, 0.1) is 11.8 Å². The molecule has 86 valence electrons. The average molecular weight is 219 g/mol. The van der Waals surface area contributed by atoms with Gasteiger partial charge in [-0.2, -0.15) is 4.98 Å². The third-order valence-electron chi connectivity index (χ3n) is 4.20. The molecular formula is C12H17N3O. The Labute approximate surface area is 94.8 Å². The van der Waals surface area contributed by atoms with E-state index in [0.717, 1.165) is 30.1 Å². The fourth-order valence-electron chi connectivity index (χ4n) is 2.94. The van der Waals surface area contributed by atoms with Crippen molar-refractivity contribution in [2.24, 2.45) is 11.8 Å². The van der Waals surface area contributed by atoms with Crippen molar-refractivity contribution in [1.29, 1.82) is 0 Å². The molecule has 4 nitrogen and oxygen atoms in total. The minimum atomic E-state index is 0.561. The van der Waals surface area contributed by atoms with Crippen LogP contribution in [0.15, 0.2) is 4.52 Å². The maximum atomic E-state index is 5.37. The number of rotatable bonds is 4. The molecule has 3 saturated carbocycles. The van der Waals surface area contributed by atoms with Crippen LogP contribution in [0.4, 0.5) is 0 Å². The summed E-state index contributed by atoms with van der Waals surface area (Å²) < 4.78 is 5.37. The van der Waals surface area contributed by atoms with Crippen LogP contribution < -0.4 is 5.32 Å². The molecule has 16 heavy (non-hydrogen) atoms. The molecule has 0 bridgehead atoms. The van der Waals surface area contributed by atoms with Gasteiger partial charge in [-0.15, -0.1) is 0 Å². The van der Waals surface area contributed by atoms with E-state index in [-0.39, 0.29) is 0 Å². The molecule has 4 heteroatoms. The Hall–Kier alpha value is -0.900. The van der Waals surface area contributed by atoms with E-state index in [1.807, 2.05) is 0 Å². The molecule has 1 N–H and O–H groups in total. The number of nitrogens with one attached hydrogen (secondary N) is 1. The first-order chi connectivity index (χ1) is 7.88. The molecule has 4 rings (SSSR count). The average Bonchev–Trinajstić information content (AvgIpc) is 3.18. The summed E-state index contributed by atoms with van der Waals surface area (Å²) >= 11 is 0. The van der Waals surface area contributed by atoms with Gasteiger partial charge in [0.2, 0.25) is 5.89 Å². The zero-order chi connectivity index (χ0) is 10.5. The number of nitrogens with zero attached hydrogens (tertiary/aromatic N) is 2. The molecule has 3 aliphatic carbocycles. The minimum absolute atomic E-state index is 0.561. The molecule has 2 atom stereocenters. The highest BCUT2D eigenvalue weighted by atomic mass is 16.5. The summed E-state index contributed by atoms with van der Waals surface area (Å²) in [7, 11) is 0. The van der Waals surface area contributed by atoms with Crippen LogP contribution in [-0.2, 0) is 6.54 Å². The maximum Gasteiger partial charge on any atom is 0.229 e. The van der Waals surface area contributed by atoms with E-state index in [0.29, 0.717) is 12.0 Å². The van der Waals surface area contributed by atoms with Gasteiger partial charge in [-0.1, -0.05) is 5.16 Å². The van der Waals surface area contributed by atoms with Crippen LogP contribution in [0.25, 0.3) is 0 Å². The molecule has 1 aromatic heterocycles. The molecular weight excluding hydrogens is 202 g/mol. The van der Waals surface area contributed by atoms with Gasteiger partial charge in [0.1, 0.15) is 0 Å². The van der Waals surface area contributed by atoms with Crippen molar-refractivity contribution in [3.05, 3.63) is 11.7 Å². The molecule has 3 fully saturated rings. The lowest BCUT2D eigenvalue weighted by atomic mass is 10.0. The lowest BCUT2D eigenvalue weighted by Crippen LogP contribution is -2.16. The molecule has 3 aliphatic rings. The summed E-state index contributed by atoms with van der Waals surface area (Å²) in [5.74, 6) is 4.24. The van der Waals surface area contributed by atoms with Crippen molar-refractivity contribution < 1.29 is 4.52 Å². The smallest absolute Gasteiger partial charge is 0.229 e. The number of hydrogen-bond acceptors (Lipinski definition) is 4. The zero-order valence-corrected chi connectivity index (χ0v) is 9.35. The molecule has 0 radical (unpaired) electrons. The monoisotopic (exact) mass is 219 g/mol. The van der Waals surface area contributed by atoms with E-state index in [9.17, 15) is 0 Å². The minimum Gasteiger partial charge on any atom is -0.339 e. The van der Waals surface area contributed by atoms with E-state index in [1.54, 1.807) is 0 Å². The van der Waals surface area contributed by atoms with Crippen molar-refractivity contribution >= 4 is 0 Å². The largest absolute Gasteiger partial charge is 0.339 e. The van der Waals surface area contributed by atoms with E-state index < -0.39 is 0 Å². The van der Waals surface area contributed by atoms with Gasteiger partial charge in [0.25, 0.3) is 0 Å². The van der Waals surface area contributed by atoms with Gasteiger partial charge in [-0.3, -0.25) is 0 Å². The van der Waals surface area contributed by atoms with Crippen molar-refractivity contribution in [3.8, 4) is 0 Å². The fourth-order valence-corrected chi connectivity index (χ4v) is 2.94. The third kappa shape index (κ3) is 1.65. The molecule has 0 saturated heterocycles. The summed E-state index contributed by atoms with van der Waals surface area (Å²) in [5, 5.41) is 7.46. The van der Waals surface area contributed by atoms with Gasteiger partial charge in [-0.05, 0) is 43.9 Å². The third-order valence-corrected chi connectivity index (χ3v) is 4.20. The van der Waals surface area contributed by atoms with Crippen molar-refractivity contribution in [2.45, 2.75) is 50.6 Å². The van der Waals surface area contributed by atoms with Crippen LogP contribution in [0.3, 0.4) is 0 Å². The SMILES string of the molecule is C(NC1CC1)c1noc(C2CC3CC3C2)n1. The maximum absolute atomic E-state index is 5.37. The van der Waals surface area contributed by atoms with Crippen molar-refractivity contribution in [2.75, 3.05) is 0 Å². The van der Waals surface area contributed by atoms with Crippen LogP contribution in [0.1, 0.15) is 49.7 Å². The van der Waals surface area contributed by atoms with Crippen LogP contribution in [-0.4, -0.2) is 16.2 Å². The lowest BCUT2D eigenvalue weighted by Gasteiger charge is -2.03.